The van der Waals surface area contributed by atoms with Crippen molar-refractivity contribution in [2.24, 2.45) is 0 Å². The zero-order valence-corrected chi connectivity index (χ0v) is 10.1. The first-order chi connectivity index (χ1) is 8.06. The van der Waals surface area contributed by atoms with Crippen LogP contribution in [0, 0.1) is 0 Å². The smallest absolute Gasteiger partial charge is 0.502 e. The van der Waals surface area contributed by atoms with E-state index < -0.39 is 37.7 Å². The van der Waals surface area contributed by atoms with Crippen LogP contribution in [0.2, 0.25) is 0 Å². The first-order valence-corrected chi connectivity index (χ1v) is 6.33. The number of methoxy groups -OCH3 is 1. The lowest BCUT2D eigenvalue weighted by Gasteiger charge is -2.12. The van der Waals surface area contributed by atoms with Gasteiger partial charge in [0.25, 0.3) is 14.9 Å². The van der Waals surface area contributed by atoms with Crippen LogP contribution in [0.25, 0.3) is 0 Å². The van der Waals surface area contributed by atoms with Crippen molar-refractivity contribution in [1.82, 2.24) is 4.98 Å². The molecule has 1 heterocycles. The number of pyridine rings is 1. The summed E-state index contributed by atoms with van der Waals surface area (Å²) in [4.78, 5) is 2.01. The summed E-state index contributed by atoms with van der Waals surface area (Å²) in [6, 6.07) is 0. The zero-order chi connectivity index (χ0) is 14.1. The fourth-order valence-electron chi connectivity index (χ4n) is 1.02. The molecule has 0 aliphatic rings. The van der Waals surface area contributed by atoms with Gasteiger partial charge < -0.3 is 14.6 Å². The van der Waals surface area contributed by atoms with Crippen LogP contribution in [-0.2, 0) is 9.05 Å². The van der Waals surface area contributed by atoms with Crippen molar-refractivity contribution in [3.05, 3.63) is 6.20 Å². The Morgan fingerprint density at radius 2 is 2.00 bits per heavy atom. The van der Waals surface area contributed by atoms with Gasteiger partial charge in [-0.25, -0.2) is 13.4 Å². The molecule has 0 amide bonds. The number of halogens is 4. The summed E-state index contributed by atoms with van der Waals surface area (Å²) in [7, 11) is 1.43. The highest BCUT2D eigenvalue weighted by atomic mass is 35.7. The summed E-state index contributed by atoms with van der Waals surface area (Å²) in [5.41, 5.74) is 0. The average Bonchev–Trinajstić information content (AvgIpc) is 2.16. The van der Waals surface area contributed by atoms with E-state index in [0.29, 0.717) is 6.20 Å². The summed E-state index contributed by atoms with van der Waals surface area (Å²) in [5.74, 6) is -3.25. The van der Waals surface area contributed by atoms with Gasteiger partial charge in [-0.2, -0.15) is 0 Å². The number of nitrogens with zero attached hydrogens (tertiary/aromatic N) is 1. The Kier molecular flexibility index (Phi) is 3.81. The monoisotopic (exact) mass is 307 g/mol. The van der Waals surface area contributed by atoms with Gasteiger partial charge in [-0.1, -0.05) is 0 Å². The molecule has 0 aliphatic carbocycles. The van der Waals surface area contributed by atoms with Crippen molar-refractivity contribution in [2.45, 2.75) is 11.3 Å². The molecule has 0 unspecified atom stereocenters. The fraction of sp³-hybridized carbons (Fsp3) is 0.286. The number of aromatic nitrogens is 1. The number of alkyl halides is 3. The topological polar surface area (TPSA) is 85.7 Å². The molecule has 6 nitrogen and oxygen atoms in total. The van der Waals surface area contributed by atoms with Gasteiger partial charge in [0.1, 0.15) is 0 Å². The lowest BCUT2D eigenvalue weighted by molar-refractivity contribution is -0.276. The van der Waals surface area contributed by atoms with Crippen molar-refractivity contribution in [1.29, 1.82) is 0 Å². The Bertz CT molecular complexity index is 559. The van der Waals surface area contributed by atoms with Crippen molar-refractivity contribution < 1.29 is 36.2 Å². The minimum Gasteiger partial charge on any atom is -0.502 e. The molecule has 0 atom stereocenters. The predicted octanol–water partition coefficient (Wildman–Crippen LogP) is 1.62. The van der Waals surface area contributed by atoms with Gasteiger partial charge in [-0.15, -0.1) is 13.2 Å². The maximum Gasteiger partial charge on any atom is 0.574 e. The molecule has 0 fully saturated rings. The fourth-order valence-corrected chi connectivity index (χ4v) is 2.16. The highest BCUT2D eigenvalue weighted by Gasteiger charge is 2.35. The molecule has 0 aromatic carbocycles. The lowest BCUT2D eigenvalue weighted by atomic mass is 10.4. The van der Waals surface area contributed by atoms with E-state index in [-0.39, 0.29) is 0 Å². The van der Waals surface area contributed by atoms with E-state index in [1.54, 1.807) is 0 Å². The summed E-state index contributed by atoms with van der Waals surface area (Å²) in [6.45, 7) is 0. The van der Waals surface area contributed by atoms with Crippen LogP contribution in [0.4, 0.5) is 13.2 Å². The first kappa shape index (κ1) is 14.6. The molecule has 11 heteroatoms. The molecular formula is C7H5ClF3NO5S. The van der Waals surface area contributed by atoms with Crippen LogP contribution in [-0.4, -0.2) is 32.0 Å². The van der Waals surface area contributed by atoms with Gasteiger partial charge in [0.2, 0.25) is 5.75 Å². The molecule has 0 saturated carbocycles. The highest BCUT2D eigenvalue weighted by Crippen LogP contribution is 2.41. The number of hydrogen-bond donors (Lipinski definition) is 1. The van der Waals surface area contributed by atoms with Gasteiger partial charge in [-0.3, -0.25) is 0 Å². The number of hydrogen-bond acceptors (Lipinski definition) is 6. The molecule has 102 valence electrons. The van der Waals surface area contributed by atoms with Crippen LogP contribution in [0.5, 0.6) is 17.4 Å². The van der Waals surface area contributed by atoms with Gasteiger partial charge >= 0.3 is 6.36 Å². The van der Waals surface area contributed by atoms with Gasteiger partial charge in [0.15, 0.2) is 10.6 Å². The molecule has 1 rings (SSSR count). The average molecular weight is 308 g/mol. The third-order valence-corrected chi connectivity index (χ3v) is 2.96. The molecule has 0 radical (unpaired) electrons. The Morgan fingerprint density at radius 3 is 2.39 bits per heavy atom. The van der Waals surface area contributed by atoms with Crippen LogP contribution in [0.3, 0.4) is 0 Å². The molecular weight excluding hydrogens is 303 g/mol. The van der Waals surface area contributed by atoms with Crippen molar-refractivity contribution in [2.75, 3.05) is 7.11 Å². The minimum absolute atomic E-state index is 0.517. The van der Waals surface area contributed by atoms with Crippen molar-refractivity contribution in [3.63, 3.8) is 0 Å². The second kappa shape index (κ2) is 4.69. The van der Waals surface area contributed by atoms with Gasteiger partial charge in [0.05, 0.1) is 13.3 Å². The third-order valence-electron chi connectivity index (χ3n) is 1.62. The minimum atomic E-state index is -5.15. The Labute approximate surface area is 103 Å². The molecule has 0 saturated heterocycles. The number of aromatic hydroxyl groups is 1. The Balaban J connectivity index is 3.45. The first-order valence-electron chi connectivity index (χ1n) is 4.02. The summed E-state index contributed by atoms with van der Waals surface area (Å²) in [6.07, 6.45) is -4.53. The zero-order valence-electron chi connectivity index (χ0n) is 8.52. The standard InChI is InChI=1S/C7H5ClF3NO5S/c1-16-3-2-12-6(17-7(9,10)11)4(13)5(3)18(8,14)15/h2,13H,1H3. The van der Waals surface area contributed by atoms with Crippen LogP contribution in [0.1, 0.15) is 0 Å². The molecule has 1 N–H and O–H groups in total. The van der Waals surface area contributed by atoms with Crippen LogP contribution >= 0.6 is 10.7 Å². The molecule has 0 bridgehead atoms. The molecule has 1 aromatic heterocycles. The number of ether oxygens (including phenoxy) is 2. The lowest BCUT2D eigenvalue weighted by Crippen LogP contribution is -2.18. The normalized spacial score (nSPS) is 12.3. The highest BCUT2D eigenvalue weighted by molar-refractivity contribution is 8.13. The third kappa shape index (κ3) is 3.29. The predicted molar refractivity (Wildman–Crippen MR) is 52.2 cm³/mol. The largest absolute Gasteiger partial charge is 0.574 e. The van der Waals surface area contributed by atoms with E-state index in [4.69, 9.17) is 10.7 Å². The molecule has 1 aromatic rings. The molecule has 0 aliphatic heterocycles. The van der Waals surface area contributed by atoms with Crippen molar-refractivity contribution >= 4 is 19.7 Å². The summed E-state index contributed by atoms with van der Waals surface area (Å²) >= 11 is 0. The quantitative estimate of drug-likeness (QED) is 0.854. The van der Waals surface area contributed by atoms with E-state index in [2.05, 4.69) is 14.5 Å². The van der Waals surface area contributed by atoms with Crippen molar-refractivity contribution in [3.8, 4) is 17.4 Å². The Hall–Kier alpha value is -1.42. The number of rotatable bonds is 3. The van der Waals surface area contributed by atoms with E-state index in [0.717, 1.165) is 7.11 Å². The maximum atomic E-state index is 11.9. The van der Waals surface area contributed by atoms with Gasteiger partial charge in [-0.05, 0) is 0 Å². The van der Waals surface area contributed by atoms with E-state index >= 15 is 0 Å². The van der Waals surface area contributed by atoms with E-state index in [9.17, 15) is 26.7 Å². The second-order valence-electron chi connectivity index (χ2n) is 2.80. The maximum absolute atomic E-state index is 11.9. The second-order valence-corrected chi connectivity index (χ2v) is 5.30. The van der Waals surface area contributed by atoms with E-state index in [1.165, 1.54) is 0 Å². The molecule has 0 spiro atoms. The summed E-state index contributed by atoms with van der Waals surface area (Å²) in [5, 5.41) is 9.37. The Morgan fingerprint density at radius 1 is 1.44 bits per heavy atom. The van der Waals surface area contributed by atoms with Gasteiger partial charge in [0, 0.05) is 10.7 Å². The molecule has 18 heavy (non-hydrogen) atoms. The summed E-state index contributed by atoms with van der Waals surface area (Å²) < 4.78 is 65.9. The van der Waals surface area contributed by atoms with E-state index in [1.807, 2.05) is 0 Å². The SMILES string of the molecule is COc1cnc(OC(F)(F)F)c(O)c1S(=O)(=O)Cl. The van der Waals surface area contributed by atoms with Crippen LogP contribution < -0.4 is 9.47 Å². The van der Waals surface area contributed by atoms with Crippen LogP contribution in [0.15, 0.2) is 11.1 Å².